The summed E-state index contributed by atoms with van der Waals surface area (Å²) in [6.45, 7) is 0. The molecule has 2 aromatic rings. The molecule has 86 valence electrons. The summed E-state index contributed by atoms with van der Waals surface area (Å²) in [6, 6.07) is 7.47. The summed E-state index contributed by atoms with van der Waals surface area (Å²) < 4.78 is 24.4. The normalized spacial score (nSPS) is 12.1. The molecule has 0 saturated heterocycles. The third kappa shape index (κ3) is 1.90. The van der Waals surface area contributed by atoms with Crippen molar-refractivity contribution in [2.24, 2.45) is 7.05 Å². The minimum atomic E-state index is -3.02. The maximum atomic E-state index is 11.3. The number of nitrogen functional groups attached to an aromatic ring is 1. The number of para-hydroxylation sites is 1. The SMILES string of the molecule is Cn1c(CS(C)(=O)=O)cc2cccc(N)c21. The summed E-state index contributed by atoms with van der Waals surface area (Å²) >= 11 is 0. The zero-order valence-electron chi connectivity index (χ0n) is 9.27. The number of nitrogens with two attached hydrogens (primary N) is 1. The monoisotopic (exact) mass is 238 g/mol. The number of rotatable bonds is 2. The molecule has 1 aromatic heterocycles. The Bertz CT molecular complexity index is 641. The molecule has 1 heterocycles. The quantitative estimate of drug-likeness (QED) is 0.802. The summed E-state index contributed by atoms with van der Waals surface area (Å²) in [5.74, 6) is 0.0393. The van der Waals surface area contributed by atoms with Crippen LogP contribution in [-0.2, 0) is 22.6 Å². The van der Waals surface area contributed by atoms with Gasteiger partial charge in [-0.2, -0.15) is 0 Å². The van der Waals surface area contributed by atoms with Crippen molar-refractivity contribution in [1.29, 1.82) is 0 Å². The molecule has 0 atom stereocenters. The van der Waals surface area contributed by atoms with Crippen molar-refractivity contribution in [2.75, 3.05) is 12.0 Å². The molecule has 16 heavy (non-hydrogen) atoms. The average Bonchev–Trinajstić information content (AvgIpc) is 2.42. The van der Waals surface area contributed by atoms with Crippen LogP contribution in [0.25, 0.3) is 10.9 Å². The van der Waals surface area contributed by atoms with E-state index in [9.17, 15) is 8.42 Å². The van der Waals surface area contributed by atoms with Crippen LogP contribution in [-0.4, -0.2) is 19.2 Å². The van der Waals surface area contributed by atoms with Crippen LogP contribution >= 0.6 is 0 Å². The van der Waals surface area contributed by atoms with Gasteiger partial charge in [0.05, 0.1) is 17.0 Å². The number of hydrogen-bond acceptors (Lipinski definition) is 3. The van der Waals surface area contributed by atoms with Crippen LogP contribution in [0, 0.1) is 0 Å². The van der Waals surface area contributed by atoms with E-state index in [1.165, 1.54) is 6.26 Å². The van der Waals surface area contributed by atoms with Crippen LogP contribution in [0.15, 0.2) is 24.3 Å². The molecule has 4 nitrogen and oxygen atoms in total. The van der Waals surface area contributed by atoms with Gasteiger partial charge in [-0.05, 0) is 12.1 Å². The molecule has 0 bridgehead atoms. The fourth-order valence-corrected chi connectivity index (χ4v) is 2.73. The van der Waals surface area contributed by atoms with E-state index in [4.69, 9.17) is 5.73 Å². The van der Waals surface area contributed by atoms with E-state index in [1.807, 2.05) is 35.9 Å². The molecule has 0 aliphatic heterocycles. The van der Waals surface area contributed by atoms with Crippen molar-refractivity contribution in [3.8, 4) is 0 Å². The van der Waals surface area contributed by atoms with Gasteiger partial charge in [0.2, 0.25) is 0 Å². The number of nitrogens with zero attached hydrogens (tertiary/aromatic N) is 1. The summed E-state index contributed by atoms with van der Waals surface area (Å²) in [5.41, 5.74) is 8.18. The van der Waals surface area contributed by atoms with Gasteiger partial charge in [0, 0.05) is 24.4 Å². The minimum Gasteiger partial charge on any atom is -0.397 e. The van der Waals surface area contributed by atoms with Gasteiger partial charge in [0.25, 0.3) is 0 Å². The van der Waals surface area contributed by atoms with E-state index in [0.29, 0.717) is 5.69 Å². The average molecular weight is 238 g/mol. The first-order chi connectivity index (χ1) is 7.38. The van der Waals surface area contributed by atoms with Crippen LogP contribution in [0.5, 0.6) is 0 Å². The standard InChI is InChI=1S/C11H14N2O2S/c1-13-9(7-16(2,14)15)6-8-4-3-5-10(12)11(8)13/h3-6H,7,12H2,1-2H3. The molecule has 0 spiro atoms. The highest BCUT2D eigenvalue weighted by molar-refractivity contribution is 7.89. The van der Waals surface area contributed by atoms with E-state index in [0.717, 1.165) is 16.6 Å². The van der Waals surface area contributed by atoms with Gasteiger partial charge in [-0.25, -0.2) is 8.42 Å². The summed E-state index contributed by atoms with van der Waals surface area (Å²) in [7, 11) is -1.19. The lowest BCUT2D eigenvalue weighted by atomic mass is 10.2. The first-order valence-corrected chi connectivity index (χ1v) is 6.95. The van der Waals surface area contributed by atoms with E-state index < -0.39 is 9.84 Å². The zero-order valence-corrected chi connectivity index (χ0v) is 10.1. The molecule has 0 fully saturated rings. The second-order valence-corrected chi connectivity index (χ2v) is 6.19. The lowest BCUT2D eigenvalue weighted by molar-refractivity contribution is 0.599. The van der Waals surface area contributed by atoms with Crippen molar-refractivity contribution < 1.29 is 8.42 Å². The van der Waals surface area contributed by atoms with Gasteiger partial charge in [-0.15, -0.1) is 0 Å². The number of sulfone groups is 1. The fourth-order valence-electron chi connectivity index (χ4n) is 1.91. The molecule has 2 rings (SSSR count). The topological polar surface area (TPSA) is 65.1 Å². The largest absolute Gasteiger partial charge is 0.397 e. The van der Waals surface area contributed by atoms with Crippen LogP contribution in [0.4, 0.5) is 5.69 Å². The van der Waals surface area contributed by atoms with Crippen molar-refractivity contribution >= 4 is 26.4 Å². The fraction of sp³-hybridized carbons (Fsp3) is 0.273. The Morgan fingerprint density at radius 2 is 2.06 bits per heavy atom. The number of benzene rings is 1. The van der Waals surface area contributed by atoms with Crippen LogP contribution < -0.4 is 5.73 Å². The Kier molecular flexibility index (Phi) is 2.42. The number of hydrogen-bond donors (Lipinski definition) is 1. The van der Waals surface area contributed by atoms with Crippen molar-refractivity contribution in [2.45, 2.75) is 5.75 Å². The predicted octanol–water partition coefficient (Wildman–Crippen LogP) is 1.31. The molecule has 2 N–H and O–H groups in total. The Morgan fingerprint density at radius 3 is 2.62 bits per heavy atom. The summed E-state index contributed by atoms with van der Waals surface area (Å²) in [5, 5.41) is 0.973. The van der Waals surface area contributed by atoms with Gasteiger partial charge in [0.1, 0.15) is 0 Å². The second-order valence-electron chi connectivity index (χ2n) is 4.05. The van der Waals surface area contributed by atoms with Crippen LogP contribution in [0.3, 0.4) is 0 Å². The lowest BCUT2D eigenvalue weighted by Gasteiger charge is -2.04. The molecule has 0 aliphatic carbocycles. The zero-order chi connectivity index (χ0) is 11.9. The third-order valence-electron chi connectivity index (χ3n) is 2.60. The molecule has 5 heteroatoms. The molecule has 0 unspecified atom stereocenters. The van der Waals surface area contributed by atoms with Crippen molar-refractivity contribution in [3.05, 3.63) is 30.0 Å². The van der Waals surface area contributed by atoms with Gasteiger partial charge in [-0.3, -0.25) is 0 Å². The molecule has 1 aromatic carbocycles. The molecule has 0 aliphatic rings. The Labute approximate surface area is 94.6 Å². The van der Waals surface area contributed by atoms with E-state index in [1.54, 1.807) is 0 Å². The van der Waals surface area contributed by atoms with Crippen molar-refractivity contribution in [3.63, 3.8) is 0 Å². The van der Waals surface area contributed by atoms with E-state index >= 15 is 0 Å². The maximum absolute atomic E-state index is 11.3. The molecule has 0 radical (unpaired) electrons. The highest BCUT2D eigenvalue weighted by Crippen LogP contribution is 2.24. The van der Waals surface area contributed by atoms with Crippen molar-refractivity contribution in [1.82, 2.24) is 4.57 Å². The van der Waals surface area contributed by atoms with Gasteiger partial charge in [-0.1, -0.05) is 12.1 Å². The Hall–Kier alpha value is -1.49. The third-order valence-corrected chi connectivity index (χ3v) is 3.42. The molecule has 0 amide bonds. The smallest absolute Gasteiger partial charge is 0.153 e. The minimum absolute atomic E-state index is 0.0393. The number of aromatic nitrogens is 1. The summed E-state index contributed by atoms with van der Waals surface area (Å²) in [6.07, 6.45) is 1.23. The lowest BCUT2D eigenvalue weighted by Crippen LogP contribution is -2.05. The van der Waals surface area contributed by atoms with E-state index in [2.05, 4.69) is 0 Å². The van der Waals surface area contributed by atoms with Gasteiger partial charge < -0.3 is 10.3 Å². The molecular formula is C11H14N2O2S. The highest BCUT2D eigenvalue weighted by Gasteiger charge is 2.12. The second kappa shape index (κ2) is 3.52. The molecular weight excluding hydrogens is 224 g/mol. The number of anilines is 1. The number of aryl methyl sites for hydroxylation is 1. The Balaban J connectivity index is 2.66. The summed E-state index contributed by atoms with van der Waals surface area (Å²) in [4.78, 5) is 0. The predicted molar refractivity (Wildman–Crippen MR) is 65.9 cm³/mol. The first kappa shape index (κ1) is 11.0. The maximum Gasteiger partial charge on any atom is 0.153 e. The van der Waals surface area contributed by atoms with E-state index in [-0.39, 0.29) is 5.75 Å². The number of fused-ring (bicyclic) bond motifs is 1. The van der Waals surface area contributed by atoms with Crippen LogP contribution in [0.1, 0.15) is 5.69 Å². The Morgan fingerprint density at radius 1 is 1.38 bits per heavy atom. The van der Waals surface area contributed by atoms with Gasteiger partial charge >= 0.3 is 0 Å². The highest BCUT2D eigenvalue weighted by atomic mass is 32.2. The molecule has 0 saturated carbocycles. The van der Waals surface area contributed by atoms with Gasteiger partial charge in [0.15, 0.2) is 9.84 Å². The van der Waals surface area contributed by atoms with Crippen LogP contribution in [0.2, 0.25) is 0 Å². The first-order valence-electron chi connectivity index (χ1n) is 4.89.